The summed E-state index contributed by atoms with van der Waals surface area (Å²) in [5.41, 5.74) is -7.07. The van der Waals surface area contributed by atoms with Crippen LogP contribution in [-0.4, -0.2) is 43.9 Å². The second-order valence-electron chi connectivity index (χ2n) is 5.20. The van der Waals surface area contributed by atoms with Crippen LogP contribution in [-0.2, 0) is 14.4 Å². The lowest BCUT2D eigenvalue weighted by molar-refractivity contribution is -0.224. The summed E-state index contributed by atoms with van der Waals surface area (Å²) >= 11 is 0. The topological polar surface area (TPSA) is 132 Å². The third-order valence-corrected chi connectivity index (χ3v) is 4.93. The van der Waals surface area contributed by atoms with Crippen LogP contribution in [0.3, 0.4) is 0 Å². The van der Waals surface area contributed by atoms with Crippen molar-refractivity contribution in [1.82, 2.24) is 0 Å². The Morgan fingerprint density at radius 3 is 1.00 bits per heavy atom. The molecular weight excluding hydrogens is 280 g/mol. The Hall–Kier alpha value is -1.63. The van der Waals surface area contributed by atoms with Gasteiger partial charge in [0, 0.05) is 0 Å². The van der Waals surface area contributed by atoms with E-state index in [0.29, 0.717) is 0 Å². The molecule has 0 aromatic rings. The van der Waals surface area contributed by atoms with Crippen LogP contribution in [0.1, 0.15) is 53.4 Å². The summed E-state index contributed by atoms with van der Waals surface area (Å²) in [5, 5.41) is 39.5. The van der Waals surface area contributed by atoms with E-state index in [1.54, 1.807) is 0 Å². The second kappa shape index (κ2) is 6.43. The summed E-state index contributed by atoms with van der Waals surface area (Å²) in [7, 11) is 0. The molecule has 0 spiro atoms. The average Bonchev–Trinajstić information content (AvgIpc) is 2.41. The van der Waals surface area contributed by atoms with Crippen LogP contribution < -0.4 is 0 Å². The molecule has 0 amide bonds. The van der Waals surface area contributed by atoms with Gasteiger partial charge >= 0.3 is 17.9 Å². The van der Waals surface area contributed by atoms with Crippen LogP contribution in [0.4, 0.5) is 0 Å². The molecule has 0 fully saturated rings. The SMILES string of the molecule is CCC(CC)(C(=O)O)C(O)(C(=O)O)C(CC)(CC)C(=O)O. The lowest BCUT2D eigenvalue weighted by Gasteiger charge is -2.49. The standard InChI is InChI=1S/C14H24O7/c1-5-12(6-2,9(15)16)14(21,11(19)20)13(7-3,8-4)10(17)18/h21H,5-8H2,1-4H3,(H,15,16)(H,17,18)(H,19,20). The van der Waals surface area contributed by atoms with E-state index in [4.69, 9.17) is 0 Å². The van der Waals surface area contributed by atoms with Gasteiger partial charge in [-0.2, -0.15) is 0 Å². The molecule has 0 saturated heterocycles. The molecule has 7 nitrogen and oxygen atoms in total. The highest BCUT2D eigenvalue weighted by Crippen LogP contribution is 2.52. The fraction of sp³-hybridized carbons (Fsp3) is 0.786. The molecule has 0 saturated carbocycles. The molecule has 0 bridgehead atoms. The quantitative estimate of drug-likeness (QED) is 0.508. The summed E-state index contributed by atoms with van der Waals surface area (Å²) in [6.07, 6.45) is -0.791. The van der Waals surface area contributed by atoms with Crippen molar-refractivity contribution in [3.63, 3.8) is 0 Å². The van der Waals surface area contributed by atoms with Gasteiger partial charge in [-0.3, -0.25) is 9.59 Å². The maximum atomic E-state index is 11.8. The molecule has 0 aliphatic heterocycles. The molecule has 21 heavy (non-hydrogen) atoms. The minimum absolute atomic E-state index is 0.198. The molecule has 0 atom stereocenters. The van der Waals surface area contributed by atoms with Crippen LogP contribution in [0.5, 0.6) is 0 Å². The van der Waals surface area contributed by atoms with Crippen molar-refractivity contribution in [3.05, 3.63) is 0 Å². The molecular formula is C14H24O7. The van der Waals surface area contributed by atoms with Gasteiger partial charge in [0.2, 0.25) is 0 Å². The second-order valence-corrected chi connectivity index (χ2v) is 5.20. The fourth-order valence-electron chi connectivity index (χ4n) is 3.31. The predicted octanol–water partition coefficient (Wildman–Crippen LogP) is 1.58. The van der Waals surface area contributed by atoms with Gasteiger partial charge < -0.3 is 20.4 Å². The molecule has 0 heterocycles. The van der Waals surface area contributed by atoms with E-state index >= 15 is 0 Å². The van der Waals surface area contributed by atoms with E-state index in [1.807, 2.05) is 0 Å². The number of aliphatic carboxylic acids is 3. The summed E-state index contributed by atoms with van der Waals surface area (Å²) < 4.78 is 0. The highest BCUT2D eigenvalue weighted by molar-refractivity contribution is 5.95. The third-order valence-electron chi connectivity index (χ3n) is 4.93. The first-order valence-corrected chi connectivity index (χ1v) is 7.00. The number of hydrogen-bond donors (Lipinski definition) is 4. The first kappa shape index (κ1) is 19.4. The van der Waals surface area contributed by atoms with Gasteiger partial charge in [-0.25, -0.2) is 4.79 Å². The Balaban J connectivity index is 6.74. The smallest absolute Gasteiger partial charge is 0.338 e. The van der Waals surface area contributed by atoms with E-state index in [0.717, 1.165) is 0 Å². The van der Waals surface area contributed by atoms with Crippen LogP contribution in [0.15, 0.2) is 0 Å². The first-order valence-electron chi connectivity index (χ1n) is 7.00. The molecule has 0 unspecified atom stereocenters. The fourth-order valence-corrected chi connectivity index (χ4v) is 3.31. The zero-order valence-corrected chi connectivity index (χ0v) is 12.8. The Bertz CT molecular complexity index is 389. The van der Waals surface area contributed by atoms with E-state index in [1.165, 1.54) is 27.7 Å². The Labute approximate surface area is 123 Å². The largest absolute Gasteiger partial charge is 0.481 e. The monoisotopic (exact) mass is 304 g/mol. The van der Waals surface area contributed by atoms with Crippen LogP contribution in [0, 0.1) is 10.8 Å². The van der Waals surface area contributed by atoms with Crippen molar-refractivity contribution in [2.45, 2.75) is 59.0 Å². The van der Waals surface area contributed by atoms with Gasteiger partial charge in [0.1, 0.15) is 10.8 Å². The van der Waals surface area contributed by atoms with Crippen LogP contribution in [0.25, 0.3) is 0 Å². The Kier molecular flexibility index (Phi) is 5.93. The third kappa shape index (κ3) is 2.29. The number of carboxylic acid groups (broad SMARTS) is 3. The van der Waals surface area contributed by atoms with Crippen LogP contribution in [0.2, 0.25) is 0 Å². The number of carboxylic acids is 3. The summed E-state index contributed by atoms with van der Waals surface area (Å²) in [4.78, 5) is 35.2. The number of rotatable bonds is 9. The lowest BCUT2D eigenvalue weighted by atomic mass is 9.54. The zero-order chi connectivity index (χ0) is 17.1. The van der Waals surface area contributed by atoms with Gasteiger partial charge in [-0.15, -0.1) is 0 Å². The molecule has 0 aromatic carbocycles. The minimum atomic E-state index is -2.91. The molecule has 0 aliphatic rings. The van der Waals surface area contributed by atoms with Crippen molar-refractivity contribution in [3.8, 4) is 0 Å². The molecule has 4 N–H and O–H groups in total. The van der Waals surface area contributed by atoms with Gasteiger partial charge in [0.15, 0.2) is 5.60 Å². The van der Waals surface area contributed by atoms with Crippen molar-refractivity contribution in [1.29, 1.82) is 0 Å². The molecule has 0 aromatic heterocycles. The summed E-state index contributed by atoms with van der Waals surface area (Å²) in [6, 6.07) is 0. The number of aliphatic hydroxyl groups is 1. The van der Waals surface area contributed by atoms with E-state index in [9.17, 15) is 34.8 Å². The molecule has 0 aliphatic carbocycles. The van der Waals surface area contributed by atoms with E-state index in [2.05, 4.69) is 0 Å². The number of hydrogen-bond acceptors (Lipinski definition) is 4. The van der Waals surface area contributed by atoms with Gasteiger partial charge in [-0.05, 0) is 25.7 Å². The minimum Gasteiger partial charge on any atom is -0.481 e. The summed E-state index contributed by atoms with van der Waals surface area (Å²) in [5.74, 6) is -4.84. The summed E-state index contributed by atoms with van der Waals surface area (Å²) in [6.45, 7) is 5.74. The van der Waals surface area contributed by atoms with Crippen molar-refractivity contribution < 1.29 is 34.8 Å². The maximum absolute atomic E-state index is 11.8. The van der Waals surface area contributed by atoms with E-state index in [-0.39, 0.29) is 25.7 Å². The predicted molar refractivity (Wildman–Crippen MR) is 73.9 cm³/mol. The molecule has 7 heteroatoms. The van der Waals surface area contributed by atoms with Gasteiger partial charge in [0.25, 0.3) is 0 Å². The van der Waals surface area contributed by atoms with Crippen molar-refractivity contribution in [2.24, 2.45) is 10.8 Å². The lowest BCUT2D eigenvalue weighted by Crippen LogP contribution is -2.69. The van der Waals surface area contributed by atoms with Crippen molar-refractivity contribution >= 4 is 17.9 Å². The maximum Gasteiger partial charge on any atom is 0.338 e. The first-order chi connectivity index (χ1) is 9.57. The highest BCUT2D eigenvalue weighted by atomic mass is 16.4. The average molecular weight is 304 g/mol. The zero-order valence-electron chi connectivity index (χ0n) is 12.8. The Morgan fingerprint density at radius 2 is 0.905 bits per heavy atom. The number of carbonyl (C=O) groups is 3. The highest BCUT2D eigenvalue weighted by Gasteiger charge is 2.71. The molecule has 0 rings (SSSR count). The van der Waals surface area contributed by atoms with Gasteiger partial charge in [0.05, 0.1) is 0 Å². The Morgan fingerprint density at radius 1 is 0.667 bits per heavy atom. The van der Waals surface area contributed by atoms with Crippen LogP contribution >= 0.6 is 0 Å². The molecule has 122 valence electrons. The van der Waals surface area contributed by atoms with E-state index < -0.39 is 34.3 Å². The van der Waals surface area contributed by atoms with Crippen molar-refractivity contribution in [2.75, 3.05) is 0 Å². The van der Waals surface area contributed by atoms with Gasteiger partial charge in [-0.1, -0.05) is 27.7 Å². The normalized spacial score (nSPS) is 13.0. The molecule has 0 radical (unpaired) electrons.